The standard InChI is InChI=1S/C24H22N2O10S2/c1-13(27)37-9-8-21(28)25-14-2-4-16-17-5-3-15(38(32,33)34)11-19(17)20(18(16)10-14)12-35-24(31)36-26-22(29)6-7-23(26)30/h2-5,10-11,20H,6-9,12H2,1H3,(H,25,28)(H,32,33,34). The molecule has 0 aromatic heterocycles. The average Bonchev–Trinajstić information content (AvgIpc) is 3.32. The lowest BCUT2D eigenvalue weighted by Gasteiger charge is -2.17. The van der Waals surface area contributed by atoms with Crippen LogP contribution in [0, 0.1) is 0 Å². The Morgan fingerprint density at radius 1 is 1.05 bits per heavy atom. The molecule has 1 heterocycles. The summed E-state index contributed by atoms with van der Waals surface area (Å²) in [5.74, 6) is -2.09. The molecule has 2 N–H and O–H groups in total. The van der Waals surface area contributed by atoms with Crippen LogP contribution in [0.2, 0.25) is 0 Å². The van der Waals surface area contributed by atoms with E-state index in [0.717, 1.165) is 11.8 Å². The van der Waals surface area contributed by atoms with Crippen LogP contribution in [-0.4, -0.2) is 59.4 Å². The molecule has 3 amide bonds. The number of thioether (sulfide) groups is 1. The van der Waals surface area contributed by atoms with E-state index >= 15 is 0 Å². The lowest BCUT2D eigenvalue weighted by Crippen LogP contribution is -2.32. The van der Waals surface area contributed by atoms with Crippen LogP contribution in [0.5, 0.6) is 0 Å². The van der Waals surface area contributed by atoms with Crippen molar-refractivity contribution in [2.24, 2.45) is 0 Å². The van der Waals surface area contributed by atoms with Crippen molar-refractivity contribution >= 4 is 56.6 Å². The topological polar surface area (TPSA) is 173 Å². The van der Waals surface area contributed by atoms with Gasteiger partial charge in [-0.25, -0.2) is 4.79 Å². The van der Waals surface area contributed by atoms with Gasteiger partial charge in [0.25, 0.3) is 21.9 Å². The van der Waals surface area contributed by atoms with E-state index < -0.39 is 34.0 Å². The van der Waals surface area contributed by atoms with Crippen molar-refractivity contribution in [2.45, 2.75) is 37.0 Å². The van der Waals surface area contributed by atoms with E-state index in [1.807, 2.05) is 0 Å². The molecule has 200 valence electrons. The van der Waals surface area contributed by atoms with Crippen LogP contribution < -0.4 is 5.32 Å². The molecule has 1 aliphatic carbocycles. The van der Waals surface area contributed by atoms with Crippen molar-refractivity contribution in [3.63, 3.8) is 0 Å². The van der Waals surface area contributed by atoms with E-state index in [0.29, 0.717) is 38.8 Å². The number of carbonyl (C=O) groups is 5. The molecule has 1 unspecified atom stereocenters. The number of benzene rings is 2. The Balaban J connectivity index is 1.57. The summed E-state index contributed by atoms with van der Waals surface area (Å²) in [5.41, 5.74) is 2.74. The highest BCUT2D eigenvalue weighted by molar-refractivity contribution is 8.13. The smallest absolute Gasteiger partial charge is 0.432 e. The number of hydrogen-bond acceptors (Lipinski definition) is 10. The zero-order chi connectivity index (χ0) is 27.6. The minimum atomic E-state index is -4.53. The maximum atomic E-state index is 12.3. The Hall–Kier alpha value is -3.75. The number of hydrogen-bond donors (Lipinski definition) is 2. The molecule has 14 heteroatoms. The lowest BCUT2D eigenvalue weighted by atomic mass is 9.97. The van der Waals surface area contributed by atoms with Crippen LogP contribution in [0.15, 0.2) is 41.3 Å². The van der Waals surface area contributed by atoms with Gasteiger partial charge in [0, 0.05) is 43.5 Å². The predicted octanol–water partition coefficient (Wildman–Crippen LogP) is 2.87. The molecule has 12 nitrogen and oxygen atoms in total. The largest absolute Gasteiger partial charge is 0.533 e. The van der Waals surface area contributed by atoms with Crippen LogP contribution in [0.3, 0.4) is 0 Å². The van der Waals surface area contributed by atoms with Crippen LogP contribution >= 0.6 is 11.8 Å². The summed E-state index contributed by atoms with van der Waals surface area (Å²) >= 11 is 1.03. The highest BCUT2D eigenvalue weighted by atomic mass is 32.2. The van der Waals surface area contributed by atoms with Gasteiger partial charge >= 0.3 is 6.16 Å². The number of hydroxylamine groups is 2. The minimum Gasteiger partial charge on any atom is -0.432 e. The fourth-order valence-electron chi connectivity index (χ4n) is 4.18. The summed E-state index contributed by atoms with van der Waals surface area (Å²) in [6, 6.07) is 9.01. The Bertz CT molecular complexity index is 1440. The fourth-order valence-corrected chi connectivity index (χ4v) is 5.27. The Morgan fingerprint density at radius 2 is 1.68 bits per heavy atom. The summed E-state index contributed by atoms with van der Waals surface area (Å²) in [6.07, 6.45) is -1.38. The predicted molar refractivity (Wildman–Crippen MR) is 133 cm³/mol. The van der Waals surface area contributed by atoms with Gasteiger partial charge in [-0.3, -0.25) is 28.6 Å². The number of anilines is 1. The first-order valence-electron chi connectivity index (χ1n) is 11.3. The van der Waals surface area contributed by atoms with Gasteiger partial charge < -0.3 is 10.1 Å². The van der Waals surface area contributed by atoms with Crippen molar-refractivity contribution in [2.75, 3.05) is 17.7 Å². The van der Waals surface area contributed by atoms with Crippen LogP contribution in [0.25, 0.3) is 11.1 Å². The quantitative estimate of drug-likeness (QED) is 0.275. The number of fused-ring (bicyclic) bond motifs is 3. The number of rotatable bonds is 8. The van der Waals surface area contributed by atoms with Crippen LogP contribution in [0.4, 0.5) is 10.5 Å². The third kappa shape index (κ3) is 6.03. The summed E-state index contributed by atoms with van der Waals surface area (Å²) < 4.78 is 38.2. The maximum absolute atomic E-state index is 12.3. The molecule has 0 spiro atoms. The lowest BCUT2D eigenvalue weighted by molar-refractivity contribution is -0.177. The Labute approximate surface area is 221 Å². The SMILES string of the molecule is CC(=O)SCCC(=O)Nc1ccc2c(c1)C(COC(=O)ON1C(=O)CCC1=O)c1cc(S(=O)(=O)O)ccc1-2. The Morgan fingerprint density at radius 3 is 2.32 bits per heavy atom. The summed E-state index contributed by atoms with van der Waals surface area (Å²) in [5, 5.41) is 2.98. The number of imide groups is 1. The first-order chi connectivity index (χ1) is 17.9. The maximum Gasteiger partial charge on any atom is 0.533 e. The molecule has 4 rings (SSSR count). The van der Waals surface area contributed by atoms with E-state index in [-0.39, 0.29) is 41.8 Å². The molecular weight excluding hydrogens is 540 g/mol. The summed E-state index contributed by atoms with van der Waals surface area (Å²) in [7, 11) is -4.53. The molecule has 1 fully saturated rings. The zero-order valence-electron chi connectivity index (χ0n) is 20.0. The summed E-state index contributed by atoms with van der Waals surface area (Å²) in [6.45, 7) is 1.05. The molecule has 0 saturated carbocycles. The minimum absolute atomic E-state index is 0.0875. The number of nitrogens with zero attached hydrogens (tertiary/aromatic N) is 1. The van der Waals surface area contributed by atoms with Gasteiger partial charge in [-0.1, -0.05) is 29.0 Å². The monoisotopic (exact) mass is 562 g/mol. The third-order valence-electron chi connectivity index (χ3n) is 5.87. The number of carbonyl (C=O) groups excluding carboxylic acids is 5. The molecule has 0 bridgehead atoms. The molecule has 1 aliphatic heterocycles. The molecular formula is C24H22N2O10S2. The highest BCUT2D eigenvalue weighted by Crippen LogP contribution is 2.46. The van der Waals surface area contributed by atoms with Gasteiger partial charge in [-0.05, 0) is 46.5 Å². The molecule has 1 saturated heterocycles. The van der Waals surface area contributed by atoms with Gasteiger partial charge in [0.15, 0.2) is 5.12 Å². The van der Waals surface area contributed by atoms with E-state index in [4.69, 9.17) is 9.57 Å². The normalized spacial score (nSPS) is 16.2. The average molecular weight is 563 g/mol. The molecule has 2 aliphatic rings. The van der Waals surface area contributed by atoms with Crippen molar-refractivity contribution in [3.05, 3.63) is 47.5 Å². The van der Waals surface area contributed by atoms with Gasteiger partial charge in [-0.15, -0.1) is 0 Å². The van der Waals surface area contributed by atoms with E-state index in [9.17, 15) is 36.9 Å². The Kier molecular flexibility index (Phi) is 7.85. The van der Waals surface area contributed by atoms with Gasteiger partial charge in [-0.2, -0.15) is 8.42 Å². The first-order valence-corrected chi connectivity index (χ1v) is 13.8. The molecule has 38 heavy (non-hydrogen) atoms. The second-order valence-corrected chi connectivity index (χ2v) is 11.1. The van der Waals surface area contributed by atoms with Crippen molar-refractivity contribution < 1.29 is 46.5 Å². The summed E-state index contributed by atoms with van der Waals surface area (Å²) in [4.78, 5) is 63.4. The van der Waals surface area contributed by atoms with E-state index in [2.05, 4.69) is 5.32 Å². The first kappa shape index (κ1) is 27.3. The zero-order valence-corrected chi connectivity index (χ0v) is 21.6. The van der Waals surface area contributed by atoms with E-state index in [1.54, 1.807) is 18.2 Å². The highest BCUT2D eigenvalue weighted by Gasteiger charge is 2.35. The third-order valence-corrected chi connectivity index (χ3v) is 7.54. The molecule has 2 aromatic rings. The van der Waals surface area contributed by atoms with Crippen molar-refractivity contribution in [1.29, 1.82) is 0 Å². The second-order valence-electron chi connectivity index (χ2n) is 8.45. The number of amides is 3. The number of ether oxygens (including phenoxy) is 1. The molecule has 2 aromatic carbocycles. The van der Waals surface area contributed by atoms with Crippen LogP contribution in [0.1, 0.15) is 43.2 Å². The van der Waals surface area contributed by atoms with Crippen LogP contribution in [-0.2, 0) is 38.9 Å². The molecule has 1 atom stereocenters. The fraction of sp³-hybridized carbons (Fsp3) is 0.292. The molecule has 0 radical (unpaired) electrons. The van der Waals surface area contributed by atoms with Crippen molar-refractivity contribution in [3.8, 4) is 11.1 Å². The van der Waals surface area contributed by atoms with Gasteiger partial charge in [0.1, 0.15) is 6.61 Å². The second kappa shape index (κ2) is 10.9. The van der Waals surface area contributed by atoms with E-state index in [1.165, 1.54) is 25.1 Å². The number of nitrogens with one attached hydrogen (secondary N) is 1. The van der Waals surface area contributed by atoms with Gasteiger partial charge in [0.05, 0.1) is 4.90 Å². The van der Waals surface area contributed by atoms with Crippen molar-refractivity contribution in [1.82, 2.24) is 5.06 Å². The van der Waals surface area contributed by atoms with Gasteiger partial charge in [0.2, 0.25) is 5.91 Å².